The van der Waals surface area contributed by atoms with Gasteiger partial charge in [0.05, 0.1) is 31.0 Å². The molecule has 114 valence electrons. The number of esters is 2. The molecule has 0 unspecified atom stereocenters. The highest BCUT2D eigenvalue weighted by Gasteiger charge is 2.23. The topological polar surface area (TPSA) is 136 Å². The van der Waals surface area contributed by atoms with Crippen molar-refractivity contribution in [2.45, 2.75) is 0 Å². The highest BCUT2D eigenvalue weighted by molar-refractivity contribution is 6.07. The molecule has 1 aromatic rings. The standard InChI is InChI=1S/C15H10N4O4/c1-22-14(20)10-4-3-5-11(13(10)15(21)23-2)19-12(8-18)9(6-16)7-17/h3-5,19H,1-2H3. The summed E-state index contributed by atoms with van der Waals surface area (Å²) >= 11 is 0. The quantitative estimate of drug-likeness (QED) is 0.652. The number of allylic oxidation sites excluding steroid dienone is 2. The van der Waals surface area contributed by atoms with Crippen LogP contribution >= 0.6 is 0 Å². The summed E-state index contributed by atoms with van der Waals surface area (Å²) in [7, 11) is 2.27. The van der Waals surface area contributed by atoms with Crippen LogP contribution in [0.4, 0.5) is 5.69 Å². The van der Waals surface area contributed by atoms with Crippen molar-refractivity contribution in [1.82, 2.24) is 0 Å². The Labute approximate surface area is 131 Å². The second kappa shape index (κ2) is 7.82. The Morgan fingerprint density at radius 3 is 2.09 bits per heavy atom. The number of carbonyl (C=O) groups excluding carboxylic acids is 2. The van der Waals surface area contributed by atoms with Gasteiger partial charge < -0.3 is 14.8 Å². The van der Waals surface area contributed by atoms with E-state index in [1.165, 1.54) is 18.2 Å². The number of hydrogen-bond donors (Lipinski definition) is 1. The van der Waals surface area contributed by atoms with E-state index in [4.69, 9.17) is 15.8 Å². The first kappa shape index (κ1) is 17.2. The summed E-state index contributed by atoms with van der Waals surface area (Å²) in [5.41, 5.74) is -1.06. The minimum Gasteiger partial charge on any atom is -0.465 e. The van der Waals surface area contributed by atoms with Crippen LogP contribution in [0.5, 0.6) is 0 Å². The largest absolute Gasteiger partial charge is 0.465 e. The number of rotatable bonds is 4. The third-order valence-electron chi connectivity index (χ3n) is 2.70. The number of anilines is 1. The minimum absolute atomic E-state index is 0.0271. The highest BCUT2D eigenvalue weighted by atomic mass is 16.5. The smallest absolute Gasteiger partial charge is 0.340 e. The average molecular weight is 310 g/mol. The van der Waals surface area contributed by atoms with Crippen molar-refractivity contribution in [3.05, 3.63) is 40.6 Å². The maximum Gasteiger partial charge on any atom is 0.340 e. The van der Waals surface area contributed by atoms with Gasteiger partial charge in [0.2, 0.25) is 0 Å². The van der Waals surface area contributed by atoms with Gasteiger partial charge in [0, 0.05) is 0 Å². The van der Waals surface area contributed by atoms with Crippen molar-refractivity contribution in [2.24, 2.45) is 0 Å². The number of nitriles is 3. The minimum atomic E-state index is -0.846. The fraction of sp³-hybridized carbons (Fsp3) is 0.133. The molecule has 1 rings (SSSR count). The van der Waals surface area contributed by atoms with Crippen LogP contribution in [0, 0.1) is 34.0 Å². The lowest BCUT2D eigenvalue weighted by Gasteiger charge is -2.13. The normalized spacial score (nSPS) is 8.65. The number of carbonyl (C=O) groups is 2. The molecule has 8 heteroatoms. The van der Waals surface area contributed by atoms with E-state index in [1.54, 1.807) is 18.2 Å². The maximum atomic E-state index is 12.0. The lowest BCUT2D eigenvalue weighted by Crippen LogP contribution is -2.15. The number of hydrogen-bond acceptors (Lipinski definition) is 8. The Morgan fingerprint density at radius 1 is 1.00 bits per heavy atom. The fourth-order valence-corrected chi connectivity index (χ4v) is 1.68. The van der Waals surface area contributed by atoms with Crippen molar-refractivity contribution in [1.29, 1.82) is 15.8 Å². The lowest BCUT2D eigenvalue weighted by molar-refractivity contribution is 0.0556. The Balaban J connectivity index is 3.56. The molecule has 0 bridgehead atoms. The number of ether oxygens (including phenoxy) is 2. The van der Waals surface area contributed by atoms with Crippen LogP contribution in [0.3, 0.4) is 0 Å². The van der Waals surface area contributed by atoms with Gasteiger partial charge in [-0.3, -0.25) is 0 Å². The van der Waals surface area contributed by atoms with Gasteiger partial charge in [-0.05, 0) is 12.1 Å². The zero-order chi connectivity index (χ0) is 17.4. The van der Waals surface area contributed by atoms with Crippen molar-refractivity contribution in [3.63, 3.8) is 0 Å². The Hall–Kier alpha value is -3.83. The van der Waals surface area contributed by atoms with Crippen molar-refractivity contribution >= 4 is 17.6 Å². The molecule has 0 spiro atoms. The molecule has 1 N–H and O–H groups in total. The van der Waals surface area contributed by atoms with Gasteiger partial charge >= 0.3 is 11.9 Å². The van der Waals surface area contributed by atoms with E-state index in [9.17, 15) is 9.59 Å². The van der Waals surface area contributed by atoms with Crippen molar-refractivity contribution in [3.8, 4) is 18.2 Å². The summed E-state index contributed by atoms with van der Waals surface area (Å²) < 4.78 is 9.22. The van der Waals surface area contributed by atoms with Crippen molar-refractivity contribution in [2.75, 3.05) is 19.5 Å². The molecule has 0 amide bonds. The second-order valence-corrected chi connectivity index (χ2v) is 3.92. The molecule has 0 aliphatic heterocycles. The summed E-state index contributed by atoms with van der Waals surface area (Å²) in [5, 5.41) is 29.2. The Morgan fingerprint density at radius 2 is 1.61 bits per heavy atom. The number of nitrogens with one attached hydrogen (secondary N) is 1. The monoisotopic (exact) mass is 310 g/mol. The molecule has 0 aromatic heterocycles. The predicted molar refractivity (Wildman–Crippen MR) is 76.6 cm³/mol. The first-order valence-corrected chi connectivity index (χ1v) is 6.05. The van der Waals surface area contributed by atoms with E-state index in [0.717, 1.165) is 14.2 Å². The van der Waals surface area contributed by atoms with Crippen LogP contribution < -0.4 is 5.32 Å². The van der Waals surface area contributed by atoms with Gasteiger partial charge in [0.15, 0.2) is 5.57 Å². The number of methoxy groups -OCH3 is 2. The molecule has 0 atom stereocenters. The molecule has 8 nitrogen and oxygen atoms in total. The predicted octanol–water partition coefficient (Wildman–Crippen LogP) is 1.50. The third-order valence-corrected chi connectivity index (χ3v) is 2.70. The zero-order valence-corrected chi connectivity index (χ0v) is 12.2. The summed E-state index contributed by atoms with van der Waals surface area (Å²) in [4.78, 5) is 23.7. The molecule has 0 heterocycles. The first-order chi connectivity index (χ1) is 11.0. The third kappa shape index (κ3) is 3.63. The number of nitrogens with zero attached hydrogens (tertiary/aromatic N) is 3. The van der Waals surface area contributed by atoms with E-state index < -0.39 is 17.5 Å². The second-order valence-electron chi connectivity index (χ2n) is 3.92. The van der Waals surface area contributed by atoms with Crippen LogP contribution in [-0.4, -0.2) is 26.2 Å². The van der Waals surface area contributed by atoms with Crippen LogP contribution in [0.1, 0.15) is 20.7 Å². The van der Waals surface area contributed by atoms with Crippen LogP contribution in [0.2, 0.25) is 0 Å². The van der Waals surface area contributed by atoms with Crippen LogP contribution in [0.25, 0.3) is 0 Å². The van der Waals surface area contributed by atoms with Gasteiger partial charge in [0.1, 0.15) is 23.9 Å². The van der Waals surface area contributed by atoms with Gasteiger partial charge in [-0.25, -0.2) is 9.59 Å². The molecule has 0 aliphatic carbocycles. The summed E-state index contributed by atoms with van der Waals surface area (Å²) in [5.74, 6) is -1.63. The molecular formula is C15H10N4O4. The molecular weight excluding hydrogens is 300 g/mol. The molecule has 0 aliphatic rings. The Kier molecular flexibility index (Phi) is 5.86. The van der Waals surface area contributed by atoms with Crippen LogP contribution in [0.15, 0.2) is 29.5 Å². The molecule has 0 saturated heterocycles. The van der Waals surface area contributed by atoms with Crippen LogP contribution in [-0.2, 0) is 9.47 Å². The SMILES string of the molecule is COC(=O)c1cccc(NC(C#N)=C(C#N)C#N)c1C(=O)OC. The molecule has 0 radical (unpaired) electrons. The average Bonchev–Trinajstić information content (AvgIpc) is 2.59. The van der Waals surface area contributed by atoms with Crippen molar-refractivity contribution < 1.29 is 19.1 Å². The van der Waals surface area contributed by atoms with E-state index in [-0.39, 0.29) is 22.5 Å². The van der Waals surface area contributed by atoms with E-state index in [1.807, 2.05) is 0 Å². The summed E-state index contributed by atoms with van der Waals surface area (Å²) in [6.07, 6.45) is 0. The van der Waals surface area contributed by atoms with E-state index >= 15 is 0 Å². The molecule has 0 saturated carbocycles. The zero-order valence-electron chi connectivity index (χ0n) is 12.2. The van der Waals surface area contributed by atoms with Gasteiger partial charge in [-0.1, -0.05) is 6.07 Å². The fourth-order valence-electron chi connectivity index (χ4n) is 1.68. The molecule has 23 heavy (non-hydrogen) atoms. The lowest BCUT2D eigenvalue weighted by atomic mass is 10.0. The summed E-state index contributed by atoms with van der Waals surface area (Å²) in [6.45, 7) is 0. The summed E-state index contributed by atoms with van der Waals surface area (Å²) in [6, 6.07) is 8.95. The number of benzene rings is 1. The van der Waals surface area contributed by atoms with Gasteiger partial charge in [-0.2, -0.15) is 15.8 Å². The van der Waals surface area contributed by atoms with Gasteiger partial charge in [-0.15, -0.1) is 0 Å². The Bertz CT molecular complexity index is 790. The molecule has 1 aromatic carbocycles. The van der Waals surface area contributed by atoms with E-state index in [0.29, 0.717) is 0 Å². The van der Waals surface area contributed by atoms with E-state index in [2.05, 4.69) is 14.8 Å². The van der Waals surface area contributed by atoms with Gasteiger partial charge in [0.25, 0.3) is 0 Å². The molecule has 0 fully saturated rings. The maximum absolute atomic E-state index is 12.0. The first-order valence-electron chi connectivity index (χ1n) is 6.05. The highest BCUT2D eigenvalue weighted by Crippen LogP contribution is 2.24.